The Morgan fingerprint density at radius 3 is 2.15 bits per heavy atom. The third kappa shape index (κ3) is 8.77. The minimum Gasteiger partial charge on any atom is -0.456 e. The fourth-order valence-corrected chi connectivity index (χ4v) is 8.75. The van der Waals surface area contributed by atoms with Crippen molar-refractivity contribution in [1.29, 1.82) is 0 Å². The molecule has 55 heavy (non-hydrogen) atoms. The normalized spacial score (nSPS) is 34.5. The van der Waals surface area contributed by atoms with E-state index in [0.717, 1.165) is 0 Å². The molecule has 2 saturated carbocycles. The molecule has 11 atom stereocenters. The van der Waals surface area contributed by atoms with Gasteiger partial charge in [-0.3, -0.25) is 4.79 Å². The number of fused-ring (bicyclic) bond motifs is 5. The van der Waals surface area contributed by atoms with Crippen molar-refractivity contribution in [2.75, 3.05) is 6.61 Å². The molecule has 1 amide bonds. The molecule has 4 aliphatic rings. The van der Waals surface area contributed by atoms with Gasteiger partial charge in [0.1, 0.15) is 35.1 Å². The van der Waals surface area contributed by atoms with Crippen molar-refractivity contribution in [3.05, 3.63) is 58.7 Å². The van der Waals surface area contributed by atoms with Crippen LogP contribution in [0.15, 0.2) is 53.1 Å². The van der Waals surface area contributed by atoms with E-state index in [4.69, 9.17) is 18.9 Å². The SMILES string of the molecule is CC(C)=C[C@H](NC(=O)OC(C)(C)C)[C@@H](O)C(=O)O[C@H]1C[C@@]2(O)[C@@H](OC(=O)c3ccccc3)[C@@H]3[C@]4(O)CO[C@@H]4C[C@H](O)[C@@]3(C)C(=O)[C@H](O)C(=C1C)C2(C)C.[Ac].[Ac]. The molecule has 14 nitrogen and oxygen atoms in total. The molecule has 6 N–H and O–H groups in total. The van der Waals surface area contributed by atoms with Crippen LogP contribution in [-0.2, 0) is 28.5 Å². The number of nitrogens with one attached hydrogen (secondary N) is 1. The van der Waals surface area contributed by atoms with Gasteiger partial charge < -0.3 is 49.8 Å². The molecule has 0 aromatic heterocycles. The number of ketones is 1. The number of hydrogen-bond donors (Lipinski definition) is 6. The first-order chi connectivity index (χ1) is 24.4. The number of aliphatic hydroxyl groups excluding tert-OH is 3. The van der Waals surface area contributed by atoms with Crippen LogP contribution < -0.4 is 5.32 Å². The molecule has 2 bridgehead atoms. The molecule has 2 radical (unpaired) electrons. The maximum Gasteiger partial charge on any atom is 0.408 e. The summed E-state index contributed by atoms with van der Waals surface area (Å²) >= 11 is 0. The predicted molar refractivity (Wildman–Crippen MR) is 188 cm³/mol. The predicted octanol–water partition coefficient (Wildman–Crippen LogP) is 2.28. The first-order valence-corrected chi connectivity index (χ1v) is 17.9. The van der Waals surface area contributed by atoms with Gasteiger partial charge in [0.05, 0.1) is 35.8 Å². The largest absolute Gasteiger partial charge is 0.456 e. The number of rotatable bonds is 7. The number of Topliss-reactive ketones (excluding diaryl/α,β-unsaturated/α-hetero) is 1. The number of allylic oxidation sites excluding steroid dienone is 1. The fourth-order valence-electron chi connectivity index (χ4n) is 8.75. The van der Waals surface area contributed by atoms with Crippen molar-refractivity contribution in [2.24, 2.45) is 16.7 Å². The number of benzene rings is 1. The Hall–Kier alpha value is -0.777. The van der Waals surface area contributed by atoms with E-state index in [1.54, 1.807) is 66.7 Å². The molecule has 1 aromatic carbocycles. The van der Waals surface area contributed by atoms with Crippen molar-refractivity contribution in [3.8, 4) is 0 Å². The fraction of sp³-hybridized carbons (Fsp3) is 0.641. The molecule has 0 spiro atoms. The molecule has 3 fully saturated rings. The maximum absolute atomic E-state index is 14.6. The van der Waals surface area contributed by atoms with Crippen LogP contribution in [-0.4, -0.2) is 115 Å². The summed E-state index contributed by atoms with van der Waals surface area (Å²) in [7, 11) is 0. The second-order valence-electron chi connectivity index (χ2n) is 16.9. The molecule has 1 heterocycles. The first-order valence-electron chi connectivity index (χ1n) is 17.9. The molecule has 0 unspecified atom stereocenters. The zero-order valence-electron chi connectivity index (χ0n) is 32.9. The number of aliphatic hydroxyl groups is 5. The van der Waals surface area contributed by atoms with Gasteiger partial charge in [0, 0.05) is 112 Å². The van der Waals surface area contributed by atoms with Crippen molar-refractivity contribution >= 4 is 23.8 Å². The van der Waals surface area contributed by atoms with Gasteiger partial charge in [0.25, 0.3) is 0 Å². The van der Waals surface area contributed by atoms with Crippen molar-refractivity contribution in [1.82, 2.24) is 5.32 Å². The topological polar surface area (TPSA) is 218 Å². The van der Waals surface area contributed by atoms with Crippen LogP contribution in [0, 0.1) is 105 Å². The van der Waals surface area contributed by atoms with Crippen molar-refractivity contribution in [2.45, 2.75) is 135 Å². The van der Waals surface area contributed by atoms with Gasteiger partial charge in [-0.2, -0.15) is 0 Å². The minimum absolute atomic E-state index is 0. The Bertz CT molecular complexity index is 1710. The van der Waals surface area contributed by atoms with Crippen LogP contribution in [0.5, 0.6) is 0 Å². The molecule has 3 aliphatic carbocycles. The number of carbonyl (C=O) groups excluding carboxylic acids is 4. The second-order valence-corrected chi connectivity index (χ2v) is 16.9. The summed E-state index contributed by atoms with van der Waals surface area (Å²) in [6, 6.07) is 6.59. The molecular formula is C39H53Ac2NO13. The van der Waals surface area contributed by atoms with Gasteiger partial charge in [0.15, 0.2) is 11.9 Å². The number of amides is 1. The standard InChI is InChI=1S/C39H53NO13.2Ac/c1-19(2)15-22(40-34(47)53-35(4,5)6)27(42)33(46)51-23-17-39(49)31(52-32(45)21-13-11-10-12-14-21)29-37(9,24(41)16-25-38(29,48)18-50-25)30(44)28(43)26(20(23)3)36(39,7)8;;/h10-15,22-25,27-29,31,41-43,48-49H,16-18H2,1-9H3,(H,40,47);;/t22-,23-,24-,25+,27+,28+,29-,31-,37+,38-,39+;;/m0../s1. The number of esters is 2. The Morgan fingerprint density at radius 1 is 1.02 bits per heavy atom. The van der Waals surface area contributed by atoms with E-state index >= 15 is 0 Å². The van der Waals surface area contributed by atoms with Gasteiger partial charge in [-0.1, -0.05) is 43.7 Å². The van der Waals surface area contributed by atoms with E-state index in [9.17, 15) is 44.7 Å². The number of hydrogen-bond acceptors (Lipinski definition) is 13. The summed E-state index contributed by atoms with van der Waals surface area (Å²) in [6.45, 7) is 14.0. The molecular weight excluding hydrogens is 1140 g/mol. The van der Waals surface area contributed by atoms with Gasteiger partial charge in [0.2, 0.25) is 0 Å². The Kier molecular flexibility index (Phi) is 15.4. The molecule has 5 rings (SSSR count). The van der Waals surface area contributed by atoms with Crippen LogP contribution in [0.2, 0.25) is 0 Å². The minimum atomic E-state index is -2.29. The smallest absolute Gasteiger partial charge is 0.408 e. The summed E-state index contributed by atoms with van der Waals surface area (Å²) in [5.41, 5.74) is -7.72. The van der Waals surface area contributed by atoms with E-state index in [1.807, 2.05) is 0 Å². The summed E-state index contributed by atoms with van der Waals surface area (Å²) in [5, 5.41) is 62.7. The van der Waals surface area contributed by atoms with E-state index < -0.39 is 106 Å². The van der Waals surface area contributed by atoms with Crippen LogP contribution in [0.25, 0.3) is 0 Å². The van der Waals surface area contributed by atoms with Crippen molar-refractivity contribution < 1.29 is 152 Å². The average molecular weight is 1200 g/mol. The quantitative estimate of drug-likeness (QED) is 0.132. The molecule has 16 heteroatoms. The van der Waals surface area contributed by atoms with Crippen molar-refractivity contribution in [3.63, 3.8) is 0 Å². The second kappa shape index (κ2) is 17.4. The van der Waals surface area contributed by atoms with E-state index in [1.165, 1.54) is 32.1 Å². The van der Waals surface area contributed by atoms with Gasteiger partial charge in [-0.25, -0.2) is 14.4 Å². The summed E-state index contributed by atoms with van der Waals surface area (Å²) in [6.07, 6.45) is -9.70. The molecule has 298 valence electrons. The van der Waals surface area contributed by atoms with Crippen LogP contribution in [0.1, 0.15) is 85.5 Å². The van der Waals surface area contributed by atoms with E-state index in [2.05, 4.69) is 5.32 Å². The third-order valence-corrected chi connectivity index (χ3v) is 11.7. The zero-order valence-corrected chi connectivity index (χ0v) is 42.4. The molecule has 1 aliphatic heterocycles. The molecule has 1 aromatic rings. The first kappa shape index (κ1) is 48.6. The third-order valence-electron chi connectivity index (χ3n) is 11.7. The van der Waals surface area contributed by atoms with E-state index in [-0.39, 0.29) is 118 Å². The summed E-state index contributed by atoms with van der Waals surface area (Å²) in [4.78, 5) is 54.9. The Labute approximate surface area is 393 Å². The average Bonchev–Trinajstić information content (AvgIpc) is 3.05. The maximum atomic E-state index is 14.6. The Balaban J connectivity index is 0.00000406. The number of ether oxygens (including phenoxy) is 4. The number of carbonyl (C=O) groups is 4. The molecule has 1 saturated heterocycles. The summed E-state index contributed by atoms with van der Waals surface area (Å²) < 4.78 is 23.0. The zero-order chi connectivity index (χ0) is 39.6. The van der Waals surface area contributed by atoms with Crippen LogP contribution >= 0.6 is 0 Å². The monoisotopic (exact) mass is 1200 g/mol. The summed E-state index contributed by atoms with van der Waals surface area (Å²) in [5.74, 6) is -4.52. The van der Waals surface area contributed by atoms with Crippen LogP contribution in [0.4, 0.5) is 4.79 Å². The van der Waals surface area contributed by atoms with Gasteiger partial charge >= 0.3 is 18.0 Å². The van der Waals surface area contributed by atoms with Gasteiger partial charge in [-0.05, 0) is 71.7 Å². The van der Waals surface area contributed by atoms with Crippen LogP contribution in [0.3, 0.4) is 0 Å². The Morgan fingerprint density at radius 2 is 1.62 bits per heavy atom. The number of alkyl carbamates (subject to hydrolysis) is 1. The van der Waals surface area contributed by atoms with E-state index in [0.29, 0.717) is 5.57 Å². The van der Waals surface area contributed by atoms with Gasteiger partial charge in [-0.15, -0.1) is 0 Å².